The number of aliphatic carboxylic acids is 1. The summed E-state index contributed by atoms with van der Waals surface area (Å²) in [5, 5.41) is 18.9. The Kier molecular flexibility index (Phi) is 3.73. The van der Waals surface area contributed by atoms with Crippen molar-refractivity contribution in [3.8, 4) is 0 Å². The maximum Gasteiger partial charge on any atom is 0.328 e. The first-order chi connectivity index (χ1) is 7.41. The lowest BCUT2D eigenvalue weighted by Gasteiger charge is -2.00. The Hall–Kier alpha value is -1.76. The fourth-order valence-corrected chi connectivity index (χ4v) is 1.52. The highest BCUT2D eigenvalue weighted by molar-refractivity contribution is 9.10. The molecule has 0 saturated heterocycles. The van der Waals surface area contributed by atoms with E-state index in [1.807, 2.05) is 0 Å². The lowest BCUT2D eigenvalue weighted by molar-refractivity contribution is -0.385. The first-order valence-corrected chi connectivity index (χ1v) is 4.75. The molecule has 0 aliphatic carbocycles. The average Bonchev–Trinajstić information content (AvgIpc) is 2.18. The number of halogens is 2. The van der Waals surface area contributed by atoms with Crippen LogP contribution in [0.15, 0.2) is 22.7 Å². The monoisotopic (exact) mass is 289 g/mol. The van der Waals surface area contributed by atoms with Gasteiger partial charge in [0.25, 0.3) is 5.69 Å². The first kappa shape index (κ1) is 12.3. The maximum absolute atomic E-state index is 13.0. The molecular weight excluding hydrogens is 285 g/mol. The van der Waals surface area contributed by atoms with Crippen molar-refractivity contribution in [3.63, 3.8) is 0 Å². The number of benzene rings is 1. The molecule has 0 aliphatic heterocycles. The van der Waals surface area contributed by atoms with Gasteiger partial charge in [-0.2, -0.15) is 0 Å². The van der Waals surface area contributed by atoms with Crippen molar-refractivity contribution in [1.82, 2.24) is 0 Å². The second kappa shape index (κ2) is 4.84. The molecule has 1 rings (SSSR count). The lowest BCUT2D eigenvalue weighted by Crippen LogP contribution is -1.93. The van der Waals surface area contributed by atoms with Crippen molar-refractivity contribution in [2.24, 2.45) is 0 Å². The van der Waals surface area contributed by atoms with Crippen LogP contribution in [0.3, 0.4) is 0 Å². The zero-order chi connectivity index (χ0) is 12.3. The highest BCUT2D eigenvalue weighted by Gasteiger charge is 2.16. The fraction of sp³-hybridized carbons (Fsp3) is 0. The van der Waals surface area contributed by atoms with Crippen molar-refractivity contribution < 1.29 is 19.2 Å². The van der Waals surface area contributed by atoms with Crippen molar-refractivity contribution >= 4 is 33.7 Å². The molecule has 84 valence electrons. The third kappa shape index (κ3) is 2.86. The van der Waals surface area contributed by atoms with Gasteiger partial charge in [0.1, 0.15) is 10.3 Å². The third-order valence-electron chi connectivity index (χ3n) is 1.65. The van der Waals surface area contributed by atoms with Crippen molar-refractivity contribution in [2.75, 3.05) is 0 Å². The van der Waals surface area contributed by atoms with Crippen molar-refractivity contribution in [1.29, 1.82) is 0 Å². The van der Waals surface area contributed by atoms with Crippen LogP contribution in [-0.4, -0.2) is 16.0 Å². The van der Waals surface area contributed by atoms with Crippen LogP contribution in [0.1, 0.15) is 5.56 Å². The number of hydrogen-bond acceptors (Lipinski definition) is 3. The molecule has 1 N–H and O–H groups in total. The van der Waals surface area contributed by atoms with E-state index in [1.165, 1.54) is 0 Å². The van der Waals surface area contributed by atoms with Crippen LogP contribution in [0.5, 0.6) is 0 Å². The normalized spacial score (nSPS) is 10.6. The van der Waals surface area contributed by atoms with Gasteiger partial charge in [0.2, 0.25) is 0 Å². The molecule has 1 aromatic carbocycles. The predicted molar refractivity (Wildman–Crippen MR) is 57.4 cm³/mol. The smallest absolute Gasteiger partial charge is 0.328 e. The van der Waals surface area contributed by atoms with Crippen LogP contribution in [0, 0.1) is 15.9 Å². The molecule has 0 saturated carbocycles. The summed E-state index contributed by atoms with van der Waals surface area (Å²) >= 11 is 2.91. The predicted octanol–water partition coefficient (Wildman–Crippen LogP) is 2.59. The van der Waals surface area contributed by atoms with Crippen LogP contribution in [0.4, 0.5) is 10.1 Å². The van der Waals surface area contributed by atoms with Crippen molar-refractivity contribution in [2.45, 2.75) is 0 Å². The van der Waals surface area contributed by atoms with Gasteiger partial charge >= 0.3 is 5.97 Å². The van der Waals surface area contributed by atoms with Gasteiger partial charge in [0.05, 0.1) is 11.0 Å². The number of carboxylic acids is 1. The SMILES string of the molecule is O=C(O)/C=C/c1cc(F)cc([N+](=O)[O-])c1Br. The molecule has 0 heterocycles. The number of nitro benzene ring substituents is 1. The molecule has 5 nitrogen and oxygen atoms in total. The summed E-state index contributed by atoms with van der Waals surface area (Å²) in [6.45, 7) is 0. The molecule has 0 unspecified atom stereocenters. The Labute approximate surface area is 97.5 Å². The third-order valence-corrected chi connectivity index (χ3v) is 2.51. The van der Waals surface area contributed by atoms with Gasteiger partial charge in [-0.15, -0.1) is 0 Å². The number of rotatable bonds is 3. The number of hydrogen-bond donors (Lipinski definition) is 1. The average molecular weight is 290 g/mol. The number of carboxylic acid groups (broad SMARTS) is 1. The van der Waals surface area contributed by atoms with Crippen LogP contribution in [0.2, 0.25) is 0 Å². The molecule has 1 aromatic rings. The summed E-state index contributed by atoms with van der Waals surface area (Å²) in [4.78, 5) is 20.0. The Morgan fingerprint density at radius 2 is 2.19 bits per heavy atom. The topological polar surface area (TPSA) is 80.4 Å². The van der Waals surface area contributed by atoms with Gasteiger partial charge in [-0.05, 0) is 33.6 Å². The molecule has 16 heavy (non-hydrogen) atoms. The van der Waals surface area contributed by atoms with E-state index in [0.29, 0.717) is 0 Å². The molecule has 0 spiro atoms. The molecule has 0 fully saturated rings. The van der Waals surface area contributed by atoms with Gasteiger partial charge in [0.15, 0.2) is 0 Å². The Balaban J connectivity index is 3.29. The number of nitrogens with zero attached hydrogens (tertiary/aromatic N) is 1. The van der Waals surface area contributed by atoms with Gasteiger partial charge in [-0.3, -0.25) is 10.1 Å². The van der Waals surface area contributed by atoms with Gasteiger partial charge < -0.3 is 5.11 Å². The first-order valence-electron chi connectivity index (χ1n) is 3.96. The van der Waals surface area contributed by atoms with Crippen LogP contribution in [0.25, 0.3) is 6.08 Å². The minimum Gasteiger partial charge on any atom is -0.478 e. The minimum atomic E-state index is -1.22. The molecule has 0 aliphatic rings. The highest BCUT2D eigenvalue weighted by atomic mass is 79.9. The second-order valence-electron chi connectivity index (χ2n) is 2.76. The van der Waals surface area contributed by atoms with E-state index in [0.717, 1.165) is 24.3 Å². The summed E-state index contributed by atoms with van der Waals surface area (Å²) in [6.07, 6.45) is 1.84. The quantitative estimate of drug-likeness (QED) is 0.527. The zero-order valence-electron chi connectivity index (χ0n) is 7.68. The lowest BCUT2D eigenvalue weighted by atomic mass is 10.2. The molecular formula is C9H5BrFNO4. The maximum atomic E-state index is 13.0. The summed E-state index contributed by atoms with van der Waals surface area (Å²) in [6, 6.07) is 1.75. The Morgan fingerprint density at radius 1 is 1.56 bits per heavy atom. The van der Waals surface area contributed by atoms with Crippen LogP contribution >= 0.6 is 15.9 Å². The van der Waals surface area contributed by atoms with E-state index >= 15 is 0 Å². The second-order valence-corrected chi connectivity index (χ2v) is 3.55. The van der Waals surface area contributed by atoms with E-state index < -0.39 is 22.4 Å². The van der Waals surface area contributed by atoms with E-state index in [-0.39, 0.29) is 10.0 Å². The van der Waals surface area contributed by atoms with Gasteiger partial charge in [0, 0.05) is 6.08 Å². The summed E-state index contributed by atoms with van der Waals surface area (Å²) in [5.74, 6) is -2.03. The molecule has 0 radical (unpaired) electrons. The van der Waals surface area contributed by atoms with E-state index in [2.05, 4.69) is 15.9 Å². The Morgan fingerprint density at radius 3 is 2.69 bits per heavy atom. The fourth-order valence-electron chi connectivity index (χ4n) is 1.01. The molecule has 0 bridgehead atoms. The standard InChI is InChI=1S/C9H5BrFNO4/c10-9-5(1-2-8(13)14)3-6(11)4-7(9)12(15)16/h1-4H,(H,13,14)/b2-1+. The number of nitro groups is 1. The largest absolute Gasteiger partial charge is 0.478 e. The zero-order valence-corrected chi connectivity index (χ0v) is 9.27. The van der Waals surface area contributed by atoms with Gasteiger partial charge in [-0.1, -0.05) is 0 Å². The molecule has 0 amide bonds. The van der Waals surface area contributed by atoms with E-state index in [9.17, 15) is 19.3 Å². The van der Waals surface area contributed by atoms with Crippen molar-refractivity contribution in [3.05, 3.63) is 44.2 Å². The summed E-state index contributed by atoms with van der Waals surface area (Å²) < 4.78 is 13.0. The molecule has 7 heteroatoms. The van der Waals surface area contributed by atoms with Crippen LogP contribution in [-0.2, 0) is 4.79 Å². The highest BCUT2D eigenvalue weighted by Crippen LogP contribution is 2.30. The summed E-state index contributed by atoms with van der Waals surface area (Å²) in [7, 11) is 0. The molecule has 0 atom stereocenters. The van der Waals surface area contributed by atoms with E-state index in [1.54, 1.807) is 0 Å². The summed E-state index contributed by atoms with van der Waals surface area (Å²) in [5.41, 5.74) is -0.362. The number of carbonyl (C=O) groups is 1. The molecule has 0 aromatic heterocycles. The van der Waals surface area contributed by atoms with Crippen LogP contribution < -0.4 is 0 Å². The minimum absolute atomic E-state index is 0.0383. The Bertz CT molecular complexity index is 487. The van der Waals surface area contributed by atoms with Gasteiger partial charge in [-0.25, -0.2) is 9.18 Å². The van der Waals surface area contributed by atoms with E-state index in [4.69, 9.17) is 5.11 Å².